The molecule has 2 aliphatic heterocycles. The van der Waals surface area contributed by atoms with Gasteiger partial charge in [0.15, 0.2) is 17.5 Å². The van der Waals surface area contributed by atoms with Crippen LogP contribution in [0.1, 0.15) is 34.8 Å². The van der Waals surface area contributed by atoms with E-state index in [-0.39, 0.29) is 60.5 Å². The van der Waals surface area contributed by atoms with E-state index in [0.717, 1.165) is 34.0 Å². The number of carbonyl (C=O) groups is 2. The highest BCUT2D eigenvalue weighted by atomic mass is 19.4. The fraction of sp³-hybridized carbons (Fsp3) is 0.391. The number of nitrogens with two attached hydrogens (primary N) is 1. The molecule has 14 heteroatoms. The van der Waals surface area contributed by atoms with Gasteiger partial charge in [0, 0.05) is 37.0 Å². The number of hydrogen-bond donors (Lipinski definition) is 1. The molecule has 1 aromatic carbocycles. The number of rotatable bonds is 4. The van der Waals surface area contributed by atoms with Gasteiger partial charge in [0.2, 0.25) is 5.91 Å². The molecule has 2 amide bonds. The predicted molar refractivity (Wildman–Crippen MR) is 118 cm³/mol. The van der Waals surface area contributed by atoms with Crippen LogP contribution in [0.15, 0.2) is 24.4 Å². The number of pyridine rings is 1. The van der Waals surface area contributed by atoms with Crippen molar-refractivity contribution in [1.82, 2.24) is 24.6 Å². The topological polar surface area (TPSA) is 97.3 Å². The molecule has 5 rings (SSSR count). The Hall–Kier alpha value is -3.84. The molecule has 2 saturated heterocycles. The third kappa shape index (κ3) is 4.44. The largest absolute Gasteiger partial charge is 0.408 e. The molecule has 0 aliphatic carbocycles. The average molecular weight is 526 g/mol. The first-order chi connectivity index (χ1) is 17.4. The van der Waals surface area contributed by atoms with Gasteiger partial charge in [-0.3, -0.25) is 14.3 Å². The van der Waals surface area contributed by atoms with Gasteiger partial charge >= 0.3 is 6.18 Å². The Kier molecular flexibility index (Phi) is 5.99. The molecule has 196 valence electrons. The van der Waals surface area contributed by atoms with E-state index in [4.69, 9.17) is 5.73 Å². The summed E-state index contributed by atoms with van der Waals surface area (Å²) in [7, 11) is 0. The number of benzene rings is 1. The Balaban J connectivity index is 1.40. The number of nitrogen functional groups attached to an aromatic ring is 1. The lowest BCUT2D eigenvalue weighted by Crippen LogP contribution is -2.49. The van der Waals surface area contributed by atoms with Crippen molar-refractivity contribution >= 4 is 28.5 Å². The SMILES string of the molecule is Nc1cc(C(=O)N2CC(c3nn(CC(=O)N4CCC[C@H]4C(F)(F)F)c4cc(F)c(F)cc34)C2)c(F)cn1. The Morgan fingerprint density at radius 2 is 1.76 bits per heavy atom. The number of nitrogens with zero attached hydrogens (tertiary/aromatic N) is 5. The van der Waals surface area contributed by atoms with Gasteiger partial charge in [-0.1, -0.05) is 0 Å². The summed E-state index contributed by atoms with van der Waals surface area (Å²) in [5.41, 5.74) is 5.53. The predicted octanol–water partition coefficient (Wildman–Crippen LogP) is 3.22. The second kappa shape index (κ2) is 8.92. The molecule has 8 nitrogen and oxygen atoms in total. The Labute approximate surface area is 205 Å². The smallest absolute Gasteiger partial charge is 0.384 e. The van der Waals surface area contributed by atoms with Crippen molar-refractivity contribution in [2.24, 2.45) is 0 Å². The van der Waals surface area contributed by atoms with Crippen molar-refractivity contribution in [1.29, 1.82) is 0 Å². The number of carbonyl (C=O) groups excluding carboxylic acids is 2. The third-order valence-electron chi connectivity index (χ3n) is 6.72. The van der Waals surface area contributed by atoms with Crippen LogP contribution in [0, 0.1) is 17.5 Å². The van der Waals surface area contributed by atoms with Crippen LogP contribution < -0.4 is 5.73 Å². The van der Waals surface area contributed by atoms with Crippen molar-refractivity contribution in [3.05, 3.63) is 53.1 Å². The summed E-state index contributed by atoms with van der Waals surface area (Å²) < 4.78 is 83.2. The zero-order valence-electron chi connectivity index (χ0n) is 19.1. The summed E-state index contributed by atoms with van der Waals surface area (Å²) in [6, 6.07) is 0.919. The van der Waals surface area contributed by atoms with Gasteiger partial charge in [0.25, 0.3) is 5.91 Å². The van der Waals surface area contributed by atoms with Gasteiger partial charge < -0.3 is 15.5 Å². The molecule has 37 heavy (non-hydrogen) atoms. The highest BCUT2D eigenvalue weighted by Crippen LogP contribution is 2.35. The molecule has 0 spiro atoms. The lowest BCUT2D eigenvalue weighted by molar-refractivity contribution is -0.183. The van der Waals surface area contributed by atoms with E-state index < -0.39 is 53.9 Å². The number of amides is 2. The van der Waals surface area contributed by atoms with Crippen molar-refractivity contribution in [3.8, 4) is 0 Å². The molecular formula is C23H20F6N6O2. The van der Waals surface area contributed by atoms with E-state index in [1.165, 1.54) is 4.90 Å². The molecule has 2 aliphatic rings. The van der Waals surface area contributed by atoms with E-state index in [9.17, 15) is 35.9 Å². The lowest BCUT2D eigenvalue weighted by atomic mass is 9.93. The minimum Gasteiger partial charge on any atom is -0.384 e. The highest BCUT2D eigenvalue weighted by molar-refractivity contribution is 5.96. The van der Waals surface area contributed by atoms with E-state index in [1.807, 2.05) is 0 Å². The molecule has 2 N–H and O–H groups in total. The minimum atomic E-state index is -4.58. The van der Waals surface area contributed by atoms with Crippen molar-refractivity contribution < 1.29 is 35.9 Å². The van der Waals surface area contributed by atoms with E-state index in [0.29, 0.717) is 0 Å². The summed E-state index contributed by atoms with van der Waals surface area (Å²) in [6.45, 7) is -0.567. The molecular weight excluding hydrogens is 506 g/mol. The zero-order valence-corrected chi connectivity index (χ0v) is 19.1. The number of alkyl halides is 3. The average Bonchev–Trinajstić information content (AvgIpc) is 3.41. The van der Waals surface area contributed by atoms with Crippen LogP contribution in [0.25, 0.3) is 10.9 Å². The molecule has 2 fully saturated rings. The summed E-state index contributed by atoms with van der Waals surface area (Å²) in [6.07, 6.45) is -3.78. The fourth-order valence-corrected chi connectivity index (χ4v) is 4.85. The number of halogens is 6. The van der Waals surface area contributed by atoms with E-state index >= 15 is 0 Å². The Morgan fingerprint density at radius 1 is 1.05 bits per heavy atom. The molecule has 1 atom stereocenters. The first kappa shape index (κ1) is 24.8. The normalized spacial score (nSPS) is 18.5. The minimum absolute atomic E-state index is 0.0303. The van der Waals surface area contributed by atoms with Gasteiger partial charge in [-0.05, 0) is 25.0 Å². The van der Waals surface area contributed by atoms with Crippen LogP contribution in [0.2, 0.25) is 0 Å². The first-order valence-electron chi connectivity index (χ1n) is 11.4. The zero-order chi connectivity index (χ0) is 26.6. The number of hydrogen-bond acceptors (Lipinski definition) is 5. The maximum Gasteiger partial charge on any atom is 0.408 e. The number of aromatic nitrogens is 3. The van der Waals surface area contributed by atoms with Crippen LogP contribution >= 0.6 is 0 Å². The van der Waals surface area contributed by atoms with E-state index in [1.54, 1.807) is 0 Å². The lowest BCUT2D eigenvalue weighted by Gasteiger charge is -2.38. The van der Waals surface area contributed by atoms with Gasteiger partial charge in [-0.15, -0.1) is 0 Å². The van der Waals surface area contributed by atoms with Crippen LogP contribution in [0.4, 0.5) is 32.2 Å². The third-order valence-corrected chi connectivity index (χ3v) is 6.72. The van der Waals surface area contributed by atoms with Crippen LogP contribution in [-0.2, 0) is 11.3 Å². The molecule has 4 heterocycles. The highest BCUT2D eigenvalue weighted by Gasteiger charge is 2.47. The molecule has 3 aromatic rings. The summed E-state index contributed by atoms with van der Waals surface area (Å²) in [5, 5.41) is 4.47. The monoisotopic (exact) mass is 526 g/mol. The number of likely N-dealkylation sites (tertiary alicyclic amines) is 2. The van der Waals surface area contributed by atoms with Crippen molar-refractivity contribution in [2.75, 3.05) is 25.4 Å². The summed E-state index contributed by atoms with van der Waals surface area (Å²) in [5.74, 6) is -5.24. The molecule has 0 saturated carbocycles. The molecule has 0 unspecified atom stereocenters. The van der Waals surface area contributed by atoms with Crippen LogP contribution in [-0.4, -0.2) is 68.2 Å². The molecule has 2 aromatic heterocycles. The summed E-state index contributed by atoms with van der Waals surface area (Å²) >= 11 is 0. The van der Waals surface area contributed by atoms with E-state index in [2.05, 4.69) is 10.1 Å². The van der Waals surface area contributed by atoms with Gasteiger partial charge in [-0.2, -0.15) is 18.3 Å². The standard InChI is InChI=1S/C23H20F6N6O2/c24-14-4-13-17(6-15(14)25)35(10-20(36)34-3-1-2-18(34)23(27,28)29)32-21(13)11-8-33(9-11)22(37)12-5-19(30)31-7-16(12)26/h4-7,11,18H,1-3,8-10H2,(H2,30,31)/t18-/m0/s1. The number of anilines is 1. The second-order valence-electron chi connectivity index (χ2n) is 9.11. The van der Waals surface area contributed by atoms with Crippen LogP contribution in [0.3, 0.4) is 0 Å². The van der Waals surface area contributed by atoms with Crippen molar-refractivity contribution in [3.63, 3.8) is 0 Å². The first-order valence-corrected chi connectivity index (χ1v) is 11.4. The maximum atomic E-state index is 14.1. The number of fused-ring (bicyclic) bond motifs is 1. The quantitative estimate of drug-likeness (QED) is 0.527. The molecule has 0 bridgehead atoms. The van der Waals surface area contributed by atoms with Gasteiger partial charge in [0.1, 0.15) is 18.4 Å². The van der Waals surface area contributed by atoms with Crippen LogP contribution in [0.5, 0.6) is 0 Å². The maximum absolute atomic E-state index is 14.1. The summed E-state index contributed by atoms with van der Waals surface area (Å²) in [4.78, 5) is 31.1. The fourth-order valence-electron chi connectivity index (χ4n) is 4.85. The Morgan fingerprint density at radius 3 is 2.46 bits per heavy atom. The van der Waals surface area contributed by atoms with Crippen molar-refractivity contribution in [2.45, 2.75) is 37.5 Å². The second-order valence-corrected chi connectivity index (χ2v) is 9.11. The van der Waals surface area contributed by atoms with Gasteiger partial charge in [-0.25, -0.2) is 18.2 Å². The molecule has 0 radical (unpaired) electrons. The Bertz CT molecular complexity index is 1400. The van der Waals surface area contributed by atoms with Gasteiger partial charge in [0.05, 0.1) is 23.0 Å².